The third-order valence-corrected chi connectivity index (χ3v) is 5.38. The van der Waals surface area contributed by atoms with Gasteiger partial charge in [-0.25, -0.2) is 4.98 Å². The first-order chi connectivity index (χ1) is 15.1. The Hall–Kier alpha value is -2.78. The van der Waals surface area contributed by atoms with Crippen LogP contribution in [0.2, 0.25) is 5.02 Å². The van der Waals surface area contributed by atoms with Crippen molar-refractivity contribution < 1.29 is 27.4 Å². The minimum absolute atomic E-state index is 0.0369. The third-order valence-electron chi connectivity index (χ3n) is 5.17. The van der Waals surface area contributed by atoms with Gasteiger partial charge in [0.15, 0.2) is 6.61 Å². The van der Waals surface area contributed by atoms with Crippen molar-refractivity contribution in [3.63, 3.8) is 0 Å². The van der Waals surface area contributed by atoms with E-state index in [9.17, 15) is 18.0 Å². The number of imidazole rings is 1. The van der Waals surface area contributed by atoms with Crippen LogP contribution in [0.25, 0.3) is 16.8 Å². The zero-order valence-corrected chi connectivity index (χ0v) is 18.0. The van der Waals surface area contributed by atoms with Crippen LogP contribution in [0.3, 0.4) is 0 Å². The number of hydrogen-bond acceptors (Lipinski definition) is 4. The lowest BCUT2D eigenvalue weighted by molar-refractivity contribution is -0.153. The number of carbonyl (C=O) groups excluding carboxylic acids is 1. The van der Waals surface area contributed by atoms with Crippen LogP contribution in [-0.4, -0.2) is 46.8 Å². The van der Waals surface area contributed by atoms with E-state index in [0.29, 0.717) is 35.0 Å². The van der Waals surface area contributed by atoms with Gasteiger partial charge in [0.25, 0.3) is 5.91 Å². The van der Waals surface area contributed by atoms with Gasteiger partial charge >= 0.3 is 6.18 Å². The number of hydrogen-bond donors (Lipinski definition) is 1. The van der Waals surface area contributed by atoms with Crippen LogP contribution >= 0.6 is 11.6 Å². The maximum absolute atomic E-state index is 12.9. The molecule has 32 heavy (non-hydrogen) atoms. The number of benzene rings is 1. The van der Waals surface area contributed by atoms with Crippen molar-refractivity contribution in [2.45, 2.75) is 31.5 Å². The van der Waals surface area contributed by atoms with E-state index in [1.807, 2.05) is 6.92 Å². The van der Waals surface area contributed by atoms with Crippen molar-refractivity contribution in [1.29, 1.82) is 0 Å². The maximum atomic E-state index is 12.9. The SMILES string of the molecule is CC1(NC(=O)c2cn3cc(Cl)cc(-c4ccccc4OCC(F)(F)F)c3n2)CCCOC1. The quantitative estimate of drug-likeness (QED) is 0.580. The Labute approximate surface area is 187 Å². The molecule has 1 atom stereocenters. The molecule has 0 radical (unpaired) electrons. The molecule has 0 aliphatic carbocycles. The summed E-state index contributed by atoms with van der Waals surface area (Å²) in [6.45, 7) is 1.56. The number of ether oxygens (including phenoxy) is 2. The molecule has 10 heteroatoms. The lowest BCUT2D eigenvalue weighted by Gasteiger charge is -2.33. The van der Waals surface area contributed by atoms with Crippen molar-refractivity contribution in [2.75, 3.05) is 19.8 Å². The number of para-hydroxylation sites is 1. The molecule has 2 aromatic heterocycles. The largest absolute Gasteiger partial charge is 0.483 e. The topological polar surface area (TPSA) is 64.9 Å². The summed E-state index contributed by atoms with van der Waals surface area (Å²) >= 11 is 6.26. The van der Waals surface area contributed by atoms with Gasteiger partial charge in [0.05, 0.1) is 17.2 Å². The molecule has 1 saturated heterocycles. The second-order valence-electron chi connectivity index (χ2n) is 8.00. The molecule has 3 heterocycles. The average molecular weight is 468 g/mol. The average Bonchev–Trinajstić information content (AvgIpc) is 3.16. The molecule has 0 spiro atoms. The number of amides is 1. The molecule has 4 rings (SSSR count). The predicted molar refractivity (Wildman–Crippen MR) is 113 cm³/mol. The number of nitrogens with zero attached hydrogens (tertiary/aromatic N) is 2. The maximum Gasteiger partial charge on any atom is 0.422 e. The molecule has 1 aliphatic heterocycles. The summed E-state index contributed by atoms with van der Waals surface area (Å²) < 4.78 is 50.1. The van der Waals surface area contributed by atoms with Gasteiger partial charge in [-0.15, -0.1) is 0 Å². The first-order valence-corrected chi connectivity index (χ1v) is 10.4. The van der Waals surface area contributed by atoms with Crippen LogP contribution in [0.4, 0.5) is 13.2 Å². The fraction of sp³-hybridized carbons (Fsp3) is 0.364. The molecule has 1 amide bonds. The first-order valence-electron chi connectivity index (χ1n) is 10.0. The molecule has 6 nitrogen and oxygen atoms in total. The van der Waals surface area contributed by atoms with Crippen LogP contribution in [-0.2, 0) is 4.74 Å². The van der Waals surface area contributed by atoms with E-state index in [1.165, 1.54) is 12.3 Å². The van der Waals surface area contributed by atoms with Gasteiger partial charge in [0, 0.05) is 30.1 Å². The molecule has 3 aromatic rings. The molecule has 1 aromatic carbocycles. The summed E-state index contributed by atoms with van der Waals surface area (Å²) in [6, 6.07) is 7.89. The van der Waals surface area contributed by atoms with Crippen molar-refractivity contribution in [1.82, 2.24) is 14.7 Å². The van der Waals surface area contributed by atoms with Gasteiger partial charge in [0.2, 0.25) is 0 Å². The smallest absolute Gasteiger partial charge is 0.422 e. The normalized spacial score (nSPS) is 19.2. The molecule has 0 saturated carbocycles. The highest BCUT2D eigenvalue weighted by Crippen LogP contribution is 2.35. The summed E-state index contributed by atoms with van der Waals surface area (Å²) in [5.41, 5.74) is 0.863. The van der Waals surface area contributed by atoms with E-state index < -0.39 is 18.3 Å². The Morgan fingerprint density at radius 2 is 2.09 bits per heavy atom. The molecular weight excluding hydrogens is 447 g/mol. The van der Waals surface area contributed by atoms with Gasteiger partial charge in [-0.05, 0) is 31.9 Å². The van der Waals surface area contributed by atoms with Crippen molar-refractivity contribution in [2.24, 2.45) is 0 Å². The molecule has 1 fully saturated rings. The Morgan fingerprint density at radius 1 is 1.31 bits per heavy atom. The lowest BCUT2D eigenvalue weighted by Crippen LogP contribution is -2.51. The van der Waals surface area contributed by atoms with Crippen molar-refractivity contribution in [3.05, 3.63) is 53.4 Å². The number of halogens is 4. The van der Waals surface area contributed by atoms with Gasteiger partial charge in [0.1, 0.15) is 17.1 Å². The fourth-order valence-corrected chi connectivity index (χ4v) is 3.93. The number of nitrogens with one attached hydrogen (secondary N) is 1. The van der Waals surface area contributed by atoms with E-state index in [-0.39, 0.29) is 17.4 Å². The van der Waals surface area contributed by atoms with Crippen molar-refractivity contribution >= 4 is 23.2 Å². The Kier molecular flexibility index (Phi) is 6.05. The summed E-state index contributed by atoms with van der Waals surface area (Å²) in [4.78, 5) is 17.3. The van der Waals surface area contributed by atoms with E-state index in [0.717, 1.165) is 12.8 Å². The summed E-state index contributed by atoms with van der Waals surface area (Å²) in [5.74, 6) is -0.333. The van der Waals surface area contributed by atoms with E-state index >= 15 is 0 Å². The van der Waals surface area contributed by atoms with E-state index in [2.05, 4.69) is 10.3 Å². The van der Waals surface area contributed by atoms with E-state index in [1.54, 1.807) is 34.9 Å². The Bertz CT molecular complexity index is 1140. The molecular formula is C22H21ClF3N3O3. The number of alkyl halides is 3. The molecule has 170 valence electrons. The van der Waals surface area contributed by atoms with E-state index in [4.69, 9.17) is 21.1 Å². The molecule has 0 bridgehead atoms. The standard InChI is InChI=1S/C22H21ClF3N3O3/c1-21(7-4-8-31-12-21)28-20(30)17-11-29-10-14(23)9-16(19(29)27-17)15-5-2-3-6-18(15)32-13-22(24,25)26/h2-3,5-6,9-11H,4,7-8,12-13H2,1H3,(H,28,30). The van der Waals surface area contributed by atoms with Crippen LogP contribution in [0.15, 0.2) is 42.7 Å². The Morgan fingerprint density at radius 3 is 2.81 bits per heavy atom. The number of aromatic nitrogens is 2. The predicted octanol–water partition coefficient (Wildman–Crippen LogP) is 4.89. The molecule has 1 unspecified atom stereocenters. The minimum atomic E-state index is -4.48. The van der Waals surface area contributed by atoms with Crippen LogP contribution in [0, 0.1) is 0 Å². The summed E-state index contributed by atoms with van der Waals surface area (Å²) in [7, 11) is 0. The minimum Gasteiger partial charge on any atom is -0.483 e. The van der Waals surface area contributed by atoms with Crippen LogP contribution in [0.1, 0.15) is 30.3 Å². The molecule has 1 N–H and O–H groups in total. The van der Waals surface area contributed by atoms with Gasteiger partial charge in [-0.3, -0.25) is 4.79 Å². The lowest BCUT2D eigenvalue weighted by atomic mass is 9.95. The summed E-state index contributed by atoms with van der Waals surface area (Å²) in [6.07, 6.45) is 0.263. The second-order valence-corrected chi connectivity index (χ2v) is 8.44. The third kappa shape index (κ3) is 4.99. The Balaban J connectivity index is 1.70. The fourth-order valence-electron chi connectivity index (χ4n) is 3.72. The zero-order chi connectivity index (χ0) is 22.9. The highest BCUT2D eigenvalue weighted by Gasteiger charge is 2.31. The number of pyridine rings is 1. The van der Waals surface area contributed by atoms with Gasteiger partial charge in [-0.2, -0.15) is 13.2 Å². The number of fused-ring (bicyclic) bond motifs is 1. The van der Waals surface area contributed by atoms with Crippen molar-refractivity contribution in [3.8, 4) is 16.9 Å². The highest BCUT2D eigenvalue weighted by molar-refractivity contribution is 6.31. The summed E-state index contributed by atoms with van der Waals surface area (Å²) in [5, 5.41) is 3.30. The van der Waals surface area contributed by atoms with Crippen LogP contribution < -0.4 is 10.1 Å². The van der Waals surface area contributed by atoms with Gasteiger partial charge < -0.3 is 19.2 Å². The molecule has 1 aliphatic rings. The first kappa shape index (κ1) is 22.4. The number of rotatable bonds is 5. The zero-order valence-electron chi connectivity index (χ0n) is 17.2. The highest BCUT2D eigenvalue weighted by atomic mass is 35.5. The monoisotopic (exact) mass is 467 g/mol. The number of carbonyl (C=O) groups is 1. The van der Waals surface area contributed by atoms with Gasteiger partial charge in [-0.1, -0.05) is 29.8 Å². The second kappa shape index (κ2) is 8.63. The van der Waals surface area contributed by atoms with Crippen LogP contribution in [0.5, 0.6) is 5.75 Å².